The van der Waals surface area contributed by atoms with E-state index >= 15 is 0 Å². The number of carbonyl (C=O) groups is 1. The summed E-state index contributed by atoms with van der Waals surface area (Å²) >= 11 is 7.32. The summed E-state index contributed by atoms with van der Waals surface area (Å²) in [5, 5.41) is 14.0. The molecule has 0 bridgehead atoms. The molecule has 10 heteroatoms. The first-order valence-electron chi connectivity index (χ1n) is 9.90. The third-order valence-electron chi connectivity index (χ3n) is 4.62. The molecular weight excluding hydrogens is 462 g/mol. The quantitative estimate of drug-likeness (QED) is 0.220. The van der Waals surface area contributed by atoms with E-state index in [4.69, 9.17) is 20.8 Å². The summed E-state index contributed by atoms with van der Waals surface area (Å²) in [6.07, 6.45) is 1.55. The van der Waals surface area contributed by atoms with Crippen LogP contribution in [0.3, 0.4) is 0 Å². The number of hydrogen-bond acceptors (Lipinski definition) is 7. The van der Waals surface area contributed by atoms with Crippen LogP contribution in [0.5, 0.6) is 5.75 Å². The van der Waals surface area contributed by atoms with Gasteiger partial charge < -0.3 is 9.15 Å². The SMILES string of the molecule is COc1ccc(-c2nnc(SCC(=O)NN=C(C)c3ccco3)n2-c2ccc(Cl)cc2)cc1. The molecule has 2 aromatic heterocycles. The minimum Gasteiger partial charge on any atom is -0.497 e. The number of ether oxygens (including phenoxy) is 1. The maximum absolute atomic E-state index is 12.4. The molecular formula is C23H20ClN5O3S. The fraction of sp³-hybridized carbons (Fsp3) is 0.130. The summed E-state index contributed by atoms with van der Waals surface area (Å²) in [5.74, 6) is 1.79. The number of carbonyl (C=O) groups excluding carboxylic acids is 1. The highest BCUT2D eigenvalue weighted by Crippen LogP contribution is 2.29. The third-order valence-corrected chi connectivity index (χ3v) is 5.81. The van der Waals surface area contributed by atoms with Crippen LogP contribution in [0.1, 0.15) is 12.7 Å². The summed E-state index contributed by atoms with van der Waals surface area (Å²) in [5.41, 5.74) is 4.79. The Morgan fingerprint density at radius 1 is 1.15 bits per heavy atom. The molecule has 0 aliphatic rings. The number of halogens is 1. The van der Waals surface area contributed by atoms with E-state index in [9.17, 15) is 4.79 Å². The first kappa shape index (κ1) is 22.6. The molecule has 0 unspecified atom stereocenters. The maximum atomic E-state index is 12.4. The largest absolute Gasteiger partial charge is 0.497 e. The molecule has 0 spiro atoms. The number of nitrogens with zero attached hydrogens (tertiary/aromatic N) is 4. The van der Waals surface area contributed by atoms with E-state index in [1.165, 1.54) is 11.8 Å². The van der Waals surface area contributed by atoms with Gasteiger partial charge in [0.25, 0.3) is 5.91 Å². The number of amides is 1. The van der Waals surface area contributed by atoms with Gasteiger partial charge in [0.05, 0.1) is 19.1 Å². The number of methoxy groups -OCH3 is 1. The summed E-state index contributed by atoms with van der Waals surface area (Å²) in [6, 6.07) is 18.4. The topological polar surface area (TPSA) is 94.5 Å². The number of aromatic nitrogens is 3. The molecule has 1 N–H and O–H groups in total. The maximum Gasteiger partial charge on any atom is 0.250 e. The monoisotopic (exact) mass is 481 g/mol. The van der Waals surface area contributed by atoms with Crippen molar-refractivity contribution in [3.8, 4) is 22.8 Å². The minimum atomic E-state index is -0.275. The van der Waals surface area contributed by atoms with E-state index in [1.54, 1.807) is 44.6 Å². The Kier molecular flexibility index (Phi) is 7.11. The summed E-state index contributed by atoms with van der Waals surface area (Å²) in [7, 11) is 1.62. The van der Waals surface area contributed by atoms with Crippen LogP contribution in [0.15, 0.2) is 81.6 Å². The molecule has 33 heavy (non-hydrogen) atoms. The zero-order valence-corrected chi connectivity index (χ0v) is 19.4. The number of thioether (sulfide) groups is 1. The van der Waals surface area contributed by atoms with Gasteiger partial charge in [0, 0.05) is 16.3 Å². The smallest absolute Gasteiger partial charge is 0.250 e. The van der Waals surface area contributed by atoms with Crippen LogP contribution in [0.25, 0.3) is 17.1 Å². The van der Waals surface area contributed by atoms with Crippen molar-refractivity contribution in [3.05, 3.63) is 77.7 Å². The van der Waals surface area contributed by atoms with E-state index in [-0.39, 0.29) is 11.7 Å². The number of nitrogens with one attached hydrogen (secondary N) is 1. The van der Waals surface area contributed by atoms with Gasteiger partial charge in [-0.2, -0.15) is 5.10 Å². The Morgan fingerprint density at radius 3 is 2.58 bits per heavy atom. The first-order chi connectivity index (χ1) is 16.0. The van der Waals surface area contributed by atoms with Crippen molar-refractivity contribution in [3.63, 3.8) is 0 Å². The predicted octanol–water partition coefficient (Wildman–Crippen LogP) is 4.82. The highest BCUT2D eigenvalue weighted by molar-refractivity contribution is 7.99. The molecule has 4 aromatic rings. The zero-order valence-electron chi connectivity index (χ0n) is 17.9. The van der Waals surface area contributed by atoms with Crippen molar-refractivity contribution in [2.45, 2.75) is 12.1 Å². The van der Waals surface area contributed by atoms with Crippen LogP contribution in [-0.2, 0) is 4.79 Å². The highest BCUT2D eigenvalue weighted by Gasteiger charge is 2.17. The molecule has 4 rings (SSSR count). The molecule has 2 heterocycles. The molecule has 0 fully saturated rings. The Morgan fingerprint density at radius 2 is 1.91 bits per heavy atom. The van der Waals surface area contributed by atoms with Gasteiger partial charge in [-0.05, 0) is 67.6 Å². The average molecular weight is 482 g/mol. The summed E-state index contributed by atoms with van der Waals surface area (Å²) in [4.78, 5) is 12.4. The fourth-order valence-corrected chi connectivity index (χ4v) is 3.83. The van der Waals surface area contributed by atoms with Gasteiger partial charge in [-0.3, -0.25) is 9.36 Å². The van der Waals surface area contributed by atoms with Crippen molar-refractivity contribution in [1.29, 1.82) is 0 Å². The second-order valence-electron chi connectivity index (χ2n) is 6.84. The highest BCUT2D eigenvalue weighted by atomic mass is 35.5. The van der Waals surface area contributed by atoms with Crippen molar-refractivity contribution >= 4 is 35.0 Å². The van der Waals surface area contributed by atoms with Crippen molar-refractivity contribution in [2.75, 3.05) is 12.9 Å². The van der Waals surface area contributed by atoms with E-state index in [1.807, 2.05) is 41.0 Å². The van der Waals surface area contributed by atoms with Gasteiger partial charge in [0.2, 0.25) is 0 Å². The predicted molar refractivity (Wildman–Crippen MR) is 128 cm³/mol. The number of benzene rings is 2. The molecule has 0 saturated carbocycles. The molecule has 0 atom stereocenters. The van der Waals surface area contributed by atoms with Crippen LogP contribution >= 0.6 is 23.4 Å². The molecule has 0 aliphatic heterocycles. The number of furan rings is 1. The summed E-state index contributed by atoms with van der Waals surface area (Å²) in [6.45, 7) is 1.75. The first-order valence-corrected chi connectivity index (χ1v) is 11.3. The van der Waals surface area contributed by atoms with Crippen LogP contribution in [0.4, 0.5) is 0 Å². The van der Waals surface area contributed by atoms with E-state index in [0.717, 1.165) is 17.0 Å². The van der Waals surface area contributed by atoms with Gasteiger partial charge in [-0.15, -0.1) is 10.2 Å². The number of rotatable bonds is 8. The molecule has 0 radical (unpaired) electrons. The fourth-order valence-electron chi connectivity index (χ4n) is 2.96. The van der Waals surface area contributed by atoms with Gasteiger partial charge >= 0.3 is 0 Å². The number of hydrazone groups is 1. The second kappa shape index (κ2) is 10.4. The lowest BCUT2D eigenvalue weighted by Gasteiger charge is -2.11. The average Bonchev–Trinajstić information content (AvgIpc) is 3.52. The normalized spacial score (nSPS) is 11.4. The standard InChI is InChI=1S/C23H20ClN5O3S/c1-15(20-4-3-13-32-20)25-26-21(30)14-33-23-28-27-22(16-5-11-19(31-2)12-6-16)29(23)18-9-7-17(24)8-10-18/h3-13H,14H2,1-2H3,(H,26,30). The van der Waals surface area contributed by atoms with Crippen molar-refractivity contribution in [2.24, 2.45) is 5.10 Å². The van der Waals surface area contributed by atoms with Gasteiger partial charge in [-0.25, -0.2) is 5.43 Å². The van der Waals surface area contributed by atoms with E-state index in [0.29, 0.717) is 27.5 Å². The number of hydrogen-bond donors (Lipinski definition) is 1. The molecule has 0 aliphatic carbocycles. The lowest BCUT2D eigenvalue weighted by molar-refractivity contribution is -0.118. The zero-order chi connectivity index (χ0) is 23.2. The lowest BCUT2D eigenvalue weighted by Crippen LogP contribution is -2.21. The summed E-state index contributed by atoms with van der Waals surface area (Å²) < 4.78 is 12.4. The molecule has 0 saturated heterocycles. The molecule has 8 nitrogen and oxygen atoms in total. The Labute approximate surface area is 199 Å². The Balaban J connectivity index is 1.56. The van der Waals surface area contributed by atoms with Crippen molar-refractivity contribution < 1.29 is 13.9 Å². The molecule has 2 aromatic carbocycles. The Bertz CT molecular complexity index is 1250. The lowest BCUT2D eigenvalue weighted by atomic mass is 10.2. The van der Waals surface area contributed by atoms with Gasteiger partial charge in [-0.1, -0.05) is 23.4 Å². The third kappa shape index (κ3) is 5.44. The van der Waals surface area contributed by atoms with Gasteiger partial charge in [0.15, 0.2) is 11.0 Å². The second-order valence-corrected chi connectivity index (χ2v) is 8.22. The van der Waals surface area contributed by atoms with Crippen molar-refractivity contribution in [1.82, 2.24) is 20.2 Å². The van der Waals surface area contributed by atoms with E-state index in [2.05, 4.69) is 20.7 Å². The molecule has 1 amide bonds. The van der Waals surface area contributed by atoms with Crippen LogP contribution in [0, 0.1) is 0 Å². The van der Waals surface area contributed by atoms with Crippen LogP contribution < -0.4 is 10.2 Å². The van der Waals surface area contributed by atoms with Gasteiger partial charge in [0.1, 0.15) is 17.2 Å². The Hall–Kier alpha value is -3.56. The van der Waals surface area contributed by atoms with E-state index < -0.39 is 0 Å². The van der Waals surface area contributed by atoms with Crippen LogP contribution in [0.2, 0.25) is 5.02 Å². The minimum absolute atomic E-state index is 0.100. The molecule has 168 valence electrons. The van der Waals surface area contributed by atoms with Crippen LogP contribution in [-0.4, -0.2) is 39.2 Å².